The lowest BCUT2D eigenvalue weighted by atomic mass is 10.1. The third kappa shape index (κ3) is 7.28. The van der Waals surface area contributed by atoms with Gasteiger partial charge < -0.3 is 4.74 Å². The summed E-state index contributed by atoms with van der Waals surface area (Å²) in [6.45, 7) is 4.24. The average molecular weight is 298 g/mol. The van der Waals surface area contributed by atoms with Crippen LogP contribution >= 0.6 is 22.6 Å². The Kier molecular flexibility index (Phi) is 8.92. The van der Waals surface area contributed by atoms with Gasteiger partial charge in [-0.1, -0.05) is 49.3 Å². The minimum Gasteiger partial charge on any atom is -0.462 e. The van der Waals surface area contributed by atoms with Gasteiger partial charge in [0.25, 0.3) is 0 Å². The Morgan fingerprint density at radius 2 is 1.85 bits per heavy atom. The van der Waals surface area contributed by atoms with E-state index in [4.69, 9.17) is 4.74 Å². The maximum atomic E-state index is 11.2. The zero-order valence-electron chi connectivity index (χ0n) is 8.51. The molecule has 0 aromatic heterocycles. The van der Waals surface area contributed by atoms with E-state index in [-0.39, 0.29) is 12.1 Å². The molecule has 0 radical (unpaired) electrons. The standard InChI is InChI=1S/C10H19IO2/c1-3-5-9(6-4-2)13-10(12)7-8-11/h9H,3-8H2,1-2H3. The zero-order chi connectivity index (χ0) is 10.1. The number of esters is 1. The molecular formula is C10H19IO2. The van der Waals surface area contributed by atoms with Crippen molar-refractivity contribution in [1.29, 1.82) is 0 Å². The molecule has 0 heterocycles. The third-order valence-corrected chi connectivity index (χ3v) is 2.36. The van der Waals surface area contributed by atoms with Crippen LogP contribution in [0.3, 0.4) is 0 Å². The fraction of sp³-hybridized carbons (Fsp3) is 0.900. The first kappa shape index (κ1) is 13.2. The molecule has 0 rings (SSSR count). The predicted molar refractivity (Wildman–Crippen MR) is 63.2 cm³/mol. The van der Waals surface area contributed by atoms with Crippen molar-refractivity contribution in [3.8, 4) is 0 Å². The largest absolute Gasteiger partial charge is 0.462 e. The van der Waals surface area contributed by atoms with Gasteiger partial charge in [0, 0.05) is 4.43 Å². The van der Waals surface area contributed by atoms with Crippen LogP contribution in [-0.4, -0.2) is 16.5 Å². The van der Waals surface area contributed by atoms with Crippen molar-refractivity contribution >= 4 is 28.6 Å². The van der Waals surface area contributed by atoms with Gasteiger partial charge in [-0.3, -0.25) is 4.79 Å². The Bertz CT molecular complexity index is 131. The summed E-state index contributed by atoms with van der Waals surface area (Å²) in [6, 6.07) is 0. The van der Waals surface area contributed by atoms with Gasteiger partial charge >= 0.3 is 5.97 Å². The molecule has 0 N–H and O–H groups in total. The molecule has 0 spiro atoms. The maximum absolute atomic E-state index is 11.2. The third-order valence-electron chi connectivity index (χ3n) is 1.82. The van der Waals surface area contributed by atoms with Gasteiger partial charge in [0.2, 0.25) is 0 Å². The van der Waals surface area contributed by atoms with Crippen LogP contribution in [0.2, 0.25) is 0 Å². The van der Waals surface area contributed by atoms with Gasteiger partial charge in [0.1, 0.15) is 6.10 Å². The smallest absolute Gasteiger partial charge is 0.306 e. The molecule has 0 aliphatic rings. The summed E-state index contributed by atoms with van der Waals surface area (Å²) in [7, 11) is 0. The molecule has 3 heteroatoms. The highest BCUT2D eigenvalue weighted by Crippen LogP contribution is 2.10. The van der Waals surface area contributed by atoms with Crippen LogP contribution in [-0.2, 0) is 9.53 Å². The van der Waals surface area contributed by atoms with Crippen LogP contribution < -0.4 is 0 Å². The van der Waals surface area contributed by atoms with Crippen LogP contribution in [0.5, 0.6) is 0 Å². The van der Waals surface area contributed by atoms with E-state index in [1.54, 1.807) is 0 Å². The highest BCUT2D eigenvalue weighted by atomic mass is 127. The van der Waals surface area contributed by atoms with Crippen molar-refractivity contribution in [2.24, 2.45) is 0 Å². The first-order chi connectivity index (χ1) is 6.24. The molecule has 0 aromatic rings. The highest BCUT2D eigenvalue weighted by molar-refractivity contribution is 14.1. The molecule has 0 aliphatic carbocycles. The van der Waals surface area contributed by atoms with Gasteiger partial charge in [-0.05, 0) is 12.8 Å². The van der Waals surface area contributed by atoms with Crippen molar-refractivity contribution < 1.29 is 9.53 Å². The molecule has 0 atom stereocenters. The lowest BCUT2D eigenvalue weighted by Gasteiger charge is -2.15. The number of rotatable bonds is 7. The molecule has 0 saturated carbocycles. The molecular weight excluding hydrogens is 279 g/mol. The Morgan fingerprint density at radius 3 is 2.23 bits per heavy atom. The van der Waals surface area contributed by atoms with E-state index >= 15 is 0 Å². The van der Waals surface area contributed by atoms with Crippen LogP contribution in [0.1, 0.15) is 46.0 Å². The molecule has 0 bridgehead atoms. The van der Waals surface area contributed by atoms with E-state index in [2.05, 4.69) is 36.4 Å². The Balaban J connectivity index is 3.71. The molecule has 0 aliphatic heterocycles. The minimum atomic E-state index is -0.0405. The molecule has 2 nitrogen and oxygen atoms in total. The van der Waals surface area contributed by atoms with Crippen molar-refractivity contribution in [2.45, 2.75) is 52.1 Å². The summed E-state index contributed by atoms with van der Waals surface area (Å²) < 4.78 is 6.18. The molecule has 0 fully saturated rings. The topological polar surface area (TPSA) is 26.3 Å². The Morgan fingerprint density at radius 1 is 1.31 bits per heavy atom. The van der Waals surface area contributed by atoms with Crippen molar-refractivity contribution in [2.75, 3.05) is 4.43 Å². The molecule has 0 amide bonds. The summed E-state index contributed by atoms with van der Waals surface area (Å²) in [5.41, 5.74) is 0. The first-order valence-electron chi connectivity index (χ1n) is 5.00. The van der Waals surface area contributed by atoms with Crippen molar-refractivity contribution in [3.05, 3.63) is 0 Å². The van der Waals surface area contributed by atoms with Crippen LogP contribution in [0.25, 0.3) is 0 Å². The molecule has 0 unspecified atom stereocenters. The summed E-state index contributed by atoms with van der Waals surface area (Å²) in [6.07, 6.45) is 4.88. The van der Waals surface area contributed by atoms with Crippen molar-refractivity contribution in [3.63, 3.8) is 0 Å². The van der Waals surface area contributed by atoms with E-state index < -0.39 is 0 Å². The summed E-state index contributed by atoms with van der Waals surface area (Å²) in [5.74, 6) is -0.0405. The van der Waals surface area contributed by atoms with Gasteiger partial charge in [0.15, 0.2) is 0 Å². The van der Waals surface area contributed by atoms with E-state index in [0.717, 1.165) is 30.1 Å². The van der Waals surface area contributed by atoms with Gasteiger partial charge in [0.05, 0.1) is 6.42 Å². The molecule has 78 valence electrons. The van der Waals surface area contributed by atoms with E-state index in [0.29, 0.717) is 6.42 Å². The van der Waals surface area contributed by atoms with Gasteiger partial charge in [-0.25, -0.2) is 0 Å². The van der Waals surface area contributed by atoms with E-state index in [1.807, 2.05) is 0 Å². The quantitative estimate of drug-likeness (QED) is 0.409. The van der Waals surface area contributed by atoms with Gasteiger partial charge in [-0.15, -0.1) is 0 Å². The van der Waals surface area contributed by atoms with Crippen molar-refractivity contribution in [1.82, 2.24) is 0 Å². The zero-order valence-corrected chi connectivity index (χ0v) is 10.7. The maximum Gasteiger partial charge on any atom is 0.306 e. The lowest BCUT2D eigenvalue weighted by molar-refractivity contribution is -0.149. The number of hydrogen-bond donors (Lipinski definition) is 0. The fourth-order valence-electron chi connectivity index (χ4n) is 1.23. The normalized spacial score (nSPS) is 10.5. The lowest BCUT2D eigenvalue weighted by Crippen LogP contribution is -2.17. The highest BCUT2D eigenvalue weighted by Gasteiger charge is 2.11. The predicted octanol–water partition coefficient (Wildman–Crippen LogP) is 3.32. The summed E-state index contributed by atoms with van der Waals surface area (Å²) >= 11 is 2.19. The number of alkyl halides is 1. The monoisotopic (exact) mass is 298 g/mol. The summed E-state index contributed by atoms with van der Waals surface area (Å²) in [4.78, 5) is 11.2. The van der Waals surface area contributed by atoms with E-state index in [1.165, 1.54) is 0 Å². The van der Waals surface area contributed by atoms with Crippen LogP contribution in [0.15, 0.2) is 0 Å². The minimum absolute atomic E-state index is 0.0405. The number of carbonyl (C=O) groups excluding carboxylic acids is 1. The first-order valence-corrected chi connectivity index (χ1v) is 6.52. The number of hydrogen-bond acceptors (Lipinski definition) is 2. The van der Waals surface area contributed by atoms with E-state index in [9.17, 15) is 4.79 Å². The Hall–Kier alpha value is 0.200. The average Bonchev–Trinajstić information content (AvgIpc) is 2.05. The van der Waals surface area contributed by atoms with Gasteiger partial charge in [-0.2, -0.15) is 0 Å². The second kappa shape index (κ2) is 8.78. The molecule has 0 aromatic carbocycles. The molecule has 13 heavy (non-hydrogen) atoms. The van der Waals surface area contributed by atoms with Crippen LogP contribution in [0.4, 0.5) is 0 Å². The van der Waals surface area contributed by atoms with Crippen LogP contribution in [0, 0.1) is 0 Å². The second-order valence-corrected chi connectivity index (χ2v) is 4.21. The SMILES string of the molecule is CCCC(CCC)OC(=O)CCI. The Labute approximate surface area is 94.6 Å². The number of ether oxygens (including phenoxy) is 1. The summed E-state index contributed by atoms with van der Waals surface area (Å²) in [5, 5.41) is 0. The number of carbonyl (C=O) groups is 1. The second-order valence-electron chi connectivity index (χ2n) is 3.13. The molecule has 0 saturated heterocycles. The number of halogens is 1. The fourth-order valence-corrected chi connectivity index (χ4v) is 1.67.